The molecule has 2 saturated heterocycles. The summed E-state index contributed by atoms with van der Waals surface area (Å²) >= 11 is 0. The van der Waals surface area contributed by atoms with Gasteiger partial charge in [0.1, 0.15) is 5.82 Å². The summed E-state index contributed by atoms with van der Waals surface area (Å²) in [5.74, 6) is 1.83. The Hall–Kier alpha value is -2.73. The molecule has 4 heterocycles. The van der Waals surface area contributed by atoms with E-state index in [1.807, 2.05) is 13.1 Å². The predicted molar refractivity (Wildman–Crippen MR) is 120 cm³/mol. The Morgan fingerprint density at radius 1 is 1.07 bits per heavy atom. The highest BCUT2D eigenvalue weighted by Gasteiger charge is 2.38. The number of ether oxygens (including phenoxy) is 1. The number of hydrogen-bond donors (Lipinski definition) is 1. The number of nitrogens with zero attached hydrogens (tertiary/aromatic N) is 4. The van der Waals surface area contributed by atoms with Crippen LogP contribution in [0.4, 0.5) is 11.6 Å². The van der Waals surface area contributed by atoms with Gasteiger partial charge in [-0.15, -0.1) is 5.10 Å². The lowest BCUT2D eigenvalue weighted by atomic mass is 9.98. The van der Waals surface area contributed by atoms with Crippen molar-refractivity contribution in [1.82, 2.24) is 15.2 Å². The molecule has 6 heteroatoms. The van der Waals surface area contributed by atoms with Crippen molar-refractivity contribution in [2.75, 3.05) is 23.4 Å². The van der Waals surface area contributed by atoms with Crippen LogP contribution in [0.25, 0.3) is 10.8 Å². The molecule has 2 unspecified atom stereocenters. The molecule has 3 atom stereocenters. The average molecular weight is 404 g/mol. The summed E-state index contributed by atoms with van der Waals surface area (Å²) in [5, 5.41) is 14.7. The summed E-state index contributed by atoms with van der Waals surface area (Å²) in [6.07, 6.45) is 4.30. The van der Waals surface area contributed by atoms with Gasteiger partial charge < -0.3 is 15.0 Å². The molecule has 1 aromatic carbocycles. The fraction of sp³-hybridized carbons (Fsp3) is 0.458. The van der Waals surface area contributed by atoms with E-state index in [4.69, 9.17) is 9.72 Å². The molecular weight excluding hydrogens is 374 g/mol. The summed E-state index contributed by atoms with van der Waals surface area (Å²) in [4.78, 5) is 7.27. The van der Waals surface area contributed by atoms with E-state index in [1.54, 1.807) is 0 Å². The predicted octanol–water partition coefficient (Wildman–Crippen LogP) is 4.49. The Morgan fingerprint density at radius 2 is 1.83 bits per heavy atom. The molecule has 0 spiro atoms. The van der Waals surface area contributed by atoms with Crippen LogP contribution in [0, 0.1) is 20.8 Å². The van der Waals surface area contributed by atoms with E-state index in [0.29, 0.717) is 12.1 Å². The van der Waals surface area contributed by atoms with Gasteiger partial charge >= 0.3 is 0 Å². The van der Waals surface area contributed by atoms with Crippen LogP contribution in [0.15, 0.2) is 30.5 Å². The lowest BCUT2D eigenvalue weighted by molar-refractivity contribution is 0.0902. The molecule has 3 aromatic rings. The topological polar surface area (TPSA) is 63.2 Å². The second-order valence-electron chi connectivity index (χ2n) is 8.71. The highest BCUT2D eigenvalue weighted by atomic mass is 16.5. The number of nitrogens with one attached hydrogen (secondary N) is 1. The number of pyridine rings is 1. The van der Waals surface area contributed by atoms with Crippen molar-refractivity contribution in [3.63, 3.8) is 0 Å². The minimum atomic E-state index is 0.126. The number of fused-ring (bicyclic) bond motifs is 3. The van der Waals surface area contributed by atoms with Gasteiger partial charge in [0.2, 0.25) is 0 Å². The van der Waals surface area contributed by atoms with Crippen LogP contribution >= 0.6 is 0 Å². The lowest BCUT2D eigenvalue weighted by Crippen LogP contribution is -2.46. The first-order chi connectivity index (χ1) is 14.5. The van der Waals surface area contributed by atoms with Gasteiger partial charge in [0, 0.05) is 17.0 Å². The Kier molecular flexibility index (Phi) is 4.82. The zero-order chi connectivity index (χ0) is 20.8. The normalized spacial score (nSPS) is 21.8. The Labute approximate surface area is 177 Å². The second kappa shape index (κ2) is 7.51. The molecule has 0 amide bonds. The molecule has 156 valence electrons. The van der Waals surface area contributed by atoms with Crippen LogP contribution in [-0.4, -0.2) is 40.5 Å². The van der Waals surface area contributed by atoms with Crippen LogP contribution < -0.4 is 10.2 Å². The van der Waals surface area contributed by atoms with Crippen molar-refractivity contribution < 1.29 is 4.74 Å². The third-order valence-corrected chi connectivity index (χ3v) is 6.81. The Balaban J connectivity index is 1.53. The zero-order valence-electron chi connectivity index (χ0n) is 18.1. The van der Waals surface area contributed by atoms with Gasteiger partial charge in [-0.1, -0.05) is 18.2 Å². The van der Waals surface area contributed by atoms with E-state index in [9.17, 15) is 0 Å². The van der Waals surface area contributed by atoms with E-state index < -0.39 is 0 Å². The Morgan fingerprint density at radius 3 is 2.60 bits per heavy atom. The number of benzene rings is 1. The molecule has 2 aliphatic rings. The third kappa shape index (κ3) is 3.19. The molecule has 6 nitrogen and oxygen atoms in total. The minimum absolute atomic E-state index is 0.126. The summed E-state index contributed by atoms with van der Waals surface area (Å²) in [5.41, 5.74) is 4.80. The highest BCUT2D eigenvalue weighted by molar-refractivity contribution is 5.94. The number of anilines is 2. The van der Waals surface area contributed by atoms with Gasteiger partial charge in [-0.25, -0.2) is 4.98 Å². The fourth-order valence-corrected chi connectivity index (χ4v) is 4.94. The zero-order valence-corrected chi connectivity index (χ0v) is 18.1. The lowest BCUT2D eigenvalue weighted by Gasteiger charge is -2.35. The first-order valence-corrected chi connectivity index (χ1v) is 10.8. The van der Waals surface area contributed by atoms with E-state index in [-0.39, 0.29) is 6.04 Å². The van der Waals surface area contributed by atoms with Gasteiger partial charge in [0.25, 0.3) is 0 Å². The average Bonchev–Trinajstić information content (AvgIpc) is 3.00. The van der Waals surface area contributed by atoms with Crippen LogP contribution in [0.3, 0.4) is 0 Å². The van der Waals surface area contributed by atoms with E-state index >= 15 is 0 Å². The first kappa shape index (κ1) is 19.2. The van der Waals surface area contributed by atoms with Crippen molar-refractivity contribution in [3.8, 4) is 0 Å². The van der Waals surface area contributed by atoms with Crippen LogP contribution in [0.2, 0.25) is 0 Å². The summed E-state index contributed by atoms with van der Waals surface area (Å²) in [6.45, 7) is 10.1. The molecular formula is C24H29N5O. The van der Waals surface area contributed by atoms with Crippen molar-refractivity contribution >= 4 is 22.4 Å². The molecule has 2 fully saturated rings. The molecule has 0 aliphatic carbocycles. The monoisotopic (exact) mass is 403 g/mol. The summed E-state index contributed by atoms with van der Waals surface area (Å²) in [6, 6.07) is 9.62. The number of hydrogen-bond acceptors (Lipinski definition) is 6. The number of rotatable bonds is 4. The summed E-state index contributed by atoms with van der Waals surface area (Å²) in [7, 11) is 0. The molecule has 0 saturated carbocycles. The van der Waals surface area contributed by atoms with E-state index in [1.165, 1.54) is 29.5 Å². The Bertz CT molecular complexity index is 1080. The number of morpholine rings is 1. The van der Waals surface area contributed by atoms with E-state index in [2.05, 4.69) is 65.5 Å². The standard InChI is InChI=1S/C24H29N5O/c1-14-6-5-7-20(15(14)2)16(3)26-24-21-10-23(25-11-22(21)17(4)27-28-24)29-18-8-9-19(29)13-30-12-18/h5-7,10-11,16,18-19H,8-9,12-13H2,1-4H3,(H,26,28)/t16-,18?,19?/m1/s1. The molecule has 1 N–H and O–H groups in total. The second-order valence-corrected chi connectivity index (χ2v) is 8.71. The molecule has 2 aromatic heterocycles. The number of aryl methyl sites for hydroxylation is 2. The highest BCUT2D eigenvalue weighted by Crippen LogP contribution is 2.36. The molecule has 0 radical (unpaired) electrons. The minimum Gasteiger partial charge on any atom is -0.377 e. The van der Waals surface area contributed by atoms with Crippen LogP contribution in [0.1, 0.15) is 48.2 Å². The van der Waals surface area contributed by atoms with Crippen molar-refractivity contribution in [1.29, 1.82) is 0 Å². The van der Waals surface area contributed by atoms with Crippen LogP contribution in [0.5, 0.6) is 0 Å². The quantitative estimate of drug-likeness (QED) is 0.692. The SMILES string of the molecule is Cc1cccc([C@@H](C)Nc2nnc(C)c3cnc(N4C5CCC4COC5)cc23)c1C. The molecule has 2 aliphatic heterocycles. The van der Waals surface area contributed by atoms with Crippen molar-refractivity contribution in [2.24, 2.45) is 0 Å². The molecule has 2 bridgehead atoms. The van der Waals surface area contributed by atoms with Gasteiger partial charge in [-0.05, 0) is 63.3 Å². The van der Waals surface area contributed by atoms with Gasteiger partial charge in [0.15, 0.2) is 5.82 Å². The smallest absolute Gasteiger partial charge is 0.157 e. The van der Waals surface area contributed by atoms with Crippen LogP contribution in [-0.2, 0) is 4.74 Å². The van der Waals surface area contributed by atoms with Gasteiger partial charge in [-0.2, -0.15) is 5.10 Å². The third-order valence-electron chi connectivity index (χ3n) is 6.81. The molecule has 5 rings (SSSR count). The number of aromatic nitrogens is 3. The van der Waals surface area contributed by atoms with Gasteiger partial charge in [-0.3, -0.25) is 0 Å². The maximum atomic E-state index is 5.76. The van der Waals surface area contributed by atoms with Crippen molar-refractivity contribution in [2.45, 2.75) is 58.7 Å². The maximum Gasteiger partial charge on any atom is 0.157 e. The first-order valence-electron chi connectivity index (χ1n) is 10.8. The van der Waals surface area contributed by atoms with Crippen molar-refractivity contribution in [3.05, 3.63) is 52.8 Å². The van der Waals surface area contributed by atoms with Gasteiger partial charge in [0.05, 0.1) is 37.0 Å². The fourth-order valence-electron chi connectivity index (χ4n) is 4.94. The van der Waals surface area contributed by atoms with E-state index in [0.717, 1.165) is 41.3 Å². The molecule has 30 heavy (non-hydrogen) atoms. The summed E-state index contributed by atoms with van der Waals surface area (Å²) < 4.78 is 5.76. The maximum absolute atomic E-state index is 5.76. The largest absolute Gasteiger partial charge is 0.377 e.